The van der Waals surface area contributed by atoms with Gasteiger partial charge in [-0.3, -0.25) is 4.98 Å². The van der Waals surface area contributed by atoms with Crippen LogP contribution in [0.5, 0.6) is 11.6 Å². The lowest BCUT2D eigenvalue weighted by Crippen LogP contribution is -1.99. The molecule has 2 heterocycles. The highest BCUT2D eigenvalue weighted by molar-refractivity contribution is 6.29. The topological polar surface area (TPSA) is 57.1 Å². The Balaban J connectivity index is 2.21. The number of hydrogen-bond acceptors (Lipinski definition) is 5. The van der Waals surface area contributed by atoms with Crippen molar-refractivity contribution < 1.29 is 9.47 Å². The van der Waals surface area contributed by atoms with Gasteiger partial charge in [0.25, 0.3) is 0 Å². The van der Waals surface area contributed by atoms with Gasteiger partial charge in [-0.05, 0) is 12.1 Å². The van der Waals surface area contributed by atoms with Crippen molar-refractivity contribution in [2.75, 3.05) is 7.11 Å². The molecule has 0 aromatic carbocycles. The minimum atomic E-state index is 0.282. The monoisotopic (exact) mass is 251 g/mol. The molecular formula is C11H10ClN3O2. The second-order valence-corrected chi connectivity index (χ2v) is 3.56. The average molecular weight is 252 g/mol. The number of hydrogen-bond donors (Lipinski definition) is 0. The summed E-state index contributed by atoms with van der Waals surface area (Å²) in [7, 11) is 1.56. The molecule has 0 unspecified atom stereocenters. The van der Waals surface area contributed by atoms with E-state index in [0.717, 1.165) is 0 Å². The van der Waals surface area contributed by atoms with Gasteiger partial charge in [0.1, 0.15) is 17.5 Å². The smallest absolute Gasteiger partial charge is 0.224 e. The van der Waals surface area contributed by atoms with E-state index in [1.165, 1.54) is 6.07 Å². The maximum atomic E-state index is 5.85. The summed E-state index contributed by atoms with van der Waals surface area (Å²) in [6.45, 7) is 0.282. The maximum Gasteiger partial charge on any atom is 0.224 e. The zero-order chi connectivity index (χ0) is 12.1. The Kier molecular flexibility index (Phi) is 3.85. The lowest BCUT2D eigenvalue weighted by molar-refractivity contribution is 0.177. The Labute approximate surface area is 103 Å². The van der Waals surface area contributed by atoms with Gasteiger partial charge < -0.3 is 9.47 Å². The van der Waals surface area contributed by atoms with E-state index in [1.54, 1.807) is 31.6 Å². The van der Waals surface area contributed by atoms with E-state index in [0.29, 0.717) is 22.6 Å². The van der Waals surface area contributed by atoms with Gasteiger partial charge in [-0.2, -0.15) is 4.98 Å². The molecule has 0 aliphatic carbocycles. The van der Waals surface area contributed by atoms with Gasteiger partial charge in [0.05, 0.1) is 6.20 Å². The first kappa shape index (κ1) is 11.8. The molecule has 0 radical (unpaired) electrons. The van der Waals surface area contributed by atoms with Crippen LogP contribution in [-0.2, 0) is 11.3 Å². The lowest BCUT2D eigenvalue weighted by atomic mass is 10.4. The molecule has 2 aromatic rings. The molecule has 0 aliphatic heterocycles. The Hall–Kier alpha value is -1.72. The summed E-state index contributed by atoms with van der Waals surface area (Å²) < 4.78 is 10.4. The van der Waals surface area contributed by atoms with Crippen LogP contribution < -0.4 is 4.74 Å². The van der Waals surface area contributed by atoms with E-state index in [4.69, 9.17) is 21.1 Å². The van der Waals surface area contributed by atoms with Crippen LogP contribution in [0, 0.1) is 0 Å². The highest BCUT2D eigenvalue weighted by atomic mass is 35.5. The van der Waals surface area contributed by atoms with Crippen LogP contribution in [0.15, 0.2) is 30.6 Å². The van der Waals surface area contributed by atoms with Gasteiger partial charge in [-0.1, -0.05) is 11.6 Å². The second kappa shape index (κ2) is 5.56. The van der Waals surface area contributed by atoms with Crippen molar-refractivity contribution in [3.8, 4) is 11.6 Å². The fourth-order valence-electron chi connectivity index (χ4n) is 1.22. The standard InChI is InChI=1S/C11H10ClN3O2/c1-16-7-10-14-9(12)5-11(15-10)17-8-3-2-4-13-6-8/h2-6H,7H2,1H3. The fourth-order valence-corrected chi connectivity index (χ4v) is 1.41. The van der Waals surface area contributed by atoms with Crippen LogP contribution in [0.3, 0.4) is 0 Å². The first-order chi connectivity index (χ1) is 8.28. The van der Waals surface area contributed by atoms with Crippen LogP contribution in [-0.4, -0.2) is 22.1 Å². The predicted octanol–water partition coefficient (Wildman–Crippen LogP) is 2.46. The van der Waals surface area contributed by atoms with Gasteiger partial charge >= 0.3 is 0 Å². The molecule has 0 N–H and O–H groups in total. The predicted molar refractivity (Wildman–Crippen MR) is 62.1 cm³/mol. The SMILES string of the molecule is COCc1nc(Cl)cc(Oc2cccnc2)n1. The van der Waals surface area contributed by atoms with E-state index in [9.17, 15) is 0 Å². The summed E-state index contributed by atoms with van der Waals surface area (Å²) in [5.41, 5.74) is 0. The van der Waals surface area contributed by atoms with Gasteiger partial charge in [0, 0.05) is 19.4 Å². The Bertz CT molecular complexity index is 493. The van der Waals surface area contributed by atoms with E-state index in [1.807, 2.05) is 0 Å². The third kappa shape index (κ3) is 3.37. The molecule has 6 heteroatoms. The van der Waals surface area contributed by atoms with Crippen molar-refractivity contribution in [3.63, 3.8) is 0 Å². The number of ether oxygens (including phenoxy) is 2. The Morgan fingerprint density at radius 2 is 2.24 bits per heavy atom. The number of nitrogens with zero attached hydrogens (tertiary/aromatic N) is 3. The Morgan fingerprint density at radius 1 is 1.35 bits per heavy atom. The molecule has 17 heavy (non-hydrogen) atoms. The van der Waals surface area contributed by atoms with Crippen LogP contribution >= 0.6 is 11.6 Å². The summed E-state index contributed by atoms with van der Waals surface area (Å²) in [6.07, 6.45) is 3.25. The summed E-state index contributed by atoms with van der Waals surface area (Å²) in [5, 5.41) is 0.311. The van der Waals surface area contributed by atoms with E-state index in [-0.39, 0.29) is 6.61 Å². The molecule has 0 fully saturated rings. The molecule has 5 nitrogen and oxygen atoms in total. The molecule has 2 rings (SSSR count). The molecule has 88 valence electrons. The molecule has 0 aliphatic rings. The highest BCUT2D eigenvalue weighted by Crippen LogP contribution is 2.20. The van der Waals surface area contributed by atoms with Crippen molar-refractivity contribution in [2.24, 2.45) is 0 Å². The molecule has 0 atom stereocenters. The average Bonchev–Trinajstić information content (AvgIpc) is 2.30. The third-order valence-corrected chi connectivity index (χ3v) is 2.04. The number of aromatic nitrogens is 3. The number of methoxy groups -OCH3 is 1. The minimum Gasteiger partial charge on any atom is -0.437 e. The van der Waals surface area contributed by atoms with Crippen LogP contribution in [0.25, 0.3) is 0 Å². The molecule has 2 aromatic heterocycles. The van der Waals surface area contributed by atoms with Crippen LogP contribution in [0.4, 0.5) is 0 Å². The summed E-state index contributed by atoms with van der Waals surface area (Å²) in [5.74, 6) is 1.43. The van der Waals surface area contributed by atoms with E-state index >= 15 is 0 Å². The first-order valence-corrected chi connectivity index (χ1v) is 5.26. The summed E-state index contributed by atoms with van der Waals surface area (Å²) in [6, 6.07) is 5.08. The van der Waals surface area contributed by atoms with Crippen LogP contribution in [0.2, 0.25) is 5.15 Å². The molecule has 0 spiro atoms. The van der Waals surface area contributed by atoms with Crippen molar-refractivity contribution in [2.45, 2.75) is 6.61 Å². The minimum absolute atomic E-state index is 0.282. The lowest BCUT2D eigenvalue weighted by Gasteiger charge is -2.06. The largest absolute Gasteiger partial charge is 0.437 e. The molecule has 0 bridgehead atoms. The van der Waals surface area contributed by atoms with Crippen LogP contribution in [0.1, 0.15) is 5.82 Å². The molecule has 0 saturated heterocycles. The maximum absolute atomic E-state index is 5.85. The highest BCUT2D eigenvalue weighted by Gasteiger charge is 2.05. The van der Waals surface area contributed by atoms with Gasteiger partial charge in [-0.25, -0.2) is 4.98 Å². The molecule has 0 amide bonds. The zero-order valence-electron chi connectivity index (χ0n) is 9.13. The van der Waals surface area contributed by atoms with Crippen molar-refractivity contribution in [1.29, 1.82) is 0 Å². The first-order valence-electron chi connectivity index (χ1n) is 4.88. The zero-order valence-corrected chi connectivity index (χ0v) is 9.89. The third-order valence-electron chi connectivity index (χ3n) is 1.85. The van der Waals surface area contributed by atoms with Gasteiger partial charge in [-0.15, -0.1) is 0 Å². The van der Waals surface area contributed by atoms with E-state index in [2.05, 4.69) is 15.0 Å². The fraction of sp³-hybridized carbons (Fsp3) is 0.182. The number of rotatable bonds is 4. The van der Waals surface area contributed by atoms with Crippen molar-refractivity contribution in [3.05, 3.63) is 41.6 Å². The normalized spacial score (nSPS) is 10.2. The molecule has 0 saturated carbocycles. The number of pyridine rings is 1. The van der Waals surface area contributed by atoms with Gasteiger partial charge in [0.2, 0.25) is 5.88 Å². The van der Waals surface area contributed by atoms with Crippen molar-refractivity contribution >= 4 is 11.6 Å². The quantitative estimate of drug-likeness (QED) is 0.782. The Morgan fingerprint density at radius 3 is 2.94 bits per heavy atom. The summed E-state index contributed by atoms with van der Waals surface area (Å²) in [4.78, 5) is 12.1. The summed E-state index contributed by atoms with van der Waals surface area (Å²) >= 11 is 5.85. The second-order valence-electron chi connectivity index (χ2n) is 3.17. The van der Waals surface area contributed by atoms with Gasteiger partial charge in [0.15, 0.2) is 5.82 Å². The molecular weight excluding hydrogens is 242 g/mol. The number of halogens is 1. The van der Waals surface area contributed by atoms with Crippen molar-refractivity contribution in [1.82, 2.24) is 15.0 Å². The van der Waals surface area contributed by atoms with E-state index < -0.39 is 0 Å².